The number of morpholine rings is 1. The Morgan fingerprint density at radius 2 is 1.87 bits per heavy atom. The highest BCUT2D eigenvalue weighted by molar-refractivity contribution is 8.01. The summed E-state index contributed by atoms with van der Waals surface area (Å²) < 4.78 is 19.1. The van der Waals surface area contributed by atoms with Gasteiger partial charge in [-0.3, -0.25) is 4.79 Å². The summed E-state index contributed by atoms with van der Waals surface area (Å²) in [5, 5.41) is 11.9. The molecule has 1 aliphatic rings. The van der Waals surface area contributed by atoms with Crippen LogP contribution in [0.3, 0.4) is 0 Å². The minimum absolute atomic E-state index is 0.0607. The molecule has 3 aromatic rings. The Hall–Kier alpha value is -2.49. The Morgan fingerprint density at radius 3 is 2.60 bits per heavy atom. The summed E-state index contributed by atoms with van der Waals surface area (Å²) in [6.07, 6.45) is 0. The van der Waals surface area contributed by atoms with Gasteiger partial charge in [0, 0.05) is 19.6 Å². The van der Waals surface area contributed by atoms with Crippen molar-refractivity contribution < 1.29 is 13.9 Å². The average Bonchev–Trinajstić information content (AvgIpc) is 3.25. The highest BCUT2D eigenvalue weighted by Gasteiger charge is 2.29. The summed E-state index contributed by atoms with van der Waals surface area (Å²) >= 11 is 2.81. The first-order valence-electron chi connectivity index (χ1n) is 9.59. The lowest BCUT2D eigenvalue weighted by Crippen LogP contribution is -2.42. The molecule has 2 heterocycles. The zero-order valence-corrected chi connectivity index (χ0v) is 17.8. The van der Waals surface area contributed by atoms with E-state index in [0.717, 1.165) is 11.1 Å². The normalized spacial score (nSPS) is 15.0. The first-order valence-corrected chi connectivity index (χ1v) is 11.3. The van der Waals surface area contributed by atoms with Gasteiger partial charge in [0.2, 0.25) is 11.0 Å². The summed E-state index contributed by atoms with van der Waals surface area (Å²) in [7, 11) is 0. The van der Waals surface area contributed by atoms with Crippen molar-refractivity contribution in [2.45, 2.75) is 16.1 Å². The van der Waals surface area contributed by atoms with Crippen LogP contribution in [0.5, 0.6) is 0 Å². The molecule has 4 rings (SSSR count). The number of carbonyl (C=O) groups excluding carboxylic acids is 1. The number of amides is 1. The van der Waals surface area contributed by atoms with Crippen molar-refractivity contribution in [1.29, 1.82) is 0 Å². The van der Waals surface area contributed by atoms with E-state index in [-0.39, 0.29) is 17.0 Å². The molecule has 30 heavy (non-hydrogen) atoms. The average molecular weight is 445 g/mol. The Labute approximate surface area is 182 Å². The molecule has 0 saturated carbocycles. The van der Waals surface area contributed by atoms with Crippen molar-refractivity contribution in [3.05, 3.63) is 71.5 Å². The van der Waals surface area contributed by atoms with Gasteiger partial charge in [0.05, 0.1) is 13.2 Å². The van der Waals surface area contributed by atoms with Gasteiger partial charge >= 0.3 is 0 Å². The number of benzene rings is 2. The second kappa shape index (κ2) is 10.0. The van der Waals surface area contributed by atoms with E-state index in [0.29, 0.717) is 42.3 Å². The lowest BCUT2D eigenvalue weighted by molar-refractivity contribution is -0.134. The molecule has 1 aromatic heterocycles. The summed E-state index contributed by atoms with van der Waals surface area (Å²) in [5.74, 6) is -0.198. The SMILES string of the molecule is O=C([C@@H](Sc1nnc(NCc2ccc(F)cc2)s1)c1ccccc1)N1CCOCC1. The molecule has 156 valence electrons. The number of anilines is 1. The predicted molar refractivity (Wildman–Crippen MR) is 116 cm³/mol. The minimum Gasteiger partial charge on any atom is -0.378 e. The van der Waals surface area contributed by atoms with Gasteiger partial charge in [-0.1, -0.05) is 65.6 Å². The van der Waals surface area contributed by atoms with Crippen molar-refractivity contribution in [3.63, 3.8) is 0 Å². The highest BCUT2D eigenvalue weighted by Crippen LogP contribution is 2.39. The van der Waals surface area contributed by atoms with E-state index in [1.54, 1.807) is 12.1 Å². The van der Waals surface area contributed by atoms with Crippen LogP contribution in [-0.2, 0) is 16.1 Å². The monoisotopic (exact) mass is 444 g/mol. The Morgan fingerprint density at radius 1 is 1.13 bits per heavy atom. The third-order valence-electron chi connectivity index (χ3n) is 4.63. The maximum Gasteiger partial charge on any atom is 0.240 e. The van der Waals surface area contributed by atoms with Crippen molar-refractivity contribution in [1.82, 2.24) is 15.1 Å². The molecule has 1 fully saturated rings. The first kappa shape index (κ1) is 20.8. The van der Waals surface area contributed by atoms with Crippen LogP contribution >= 0.6 is 23.1 Å². The number of thioether (sulfide) groups is 1. The minimum atomic E-state index is -0.387. The number of carbonyl (C=O) groups is 1. The number of ether oxygens (including phenoxy) is 1. The van der Waals surface area contributed by atoms with Gasteiger partial charge < -0.3 is 15.0 Å². The molecule has 0 unspecified atom stereocenters. The van der Waals surface area contributed by atoms with Crippen LogP contribution in [0.2, 0.25) is 0 Å². The van der Waals surface area contributed by atoms with E-state index in [2.05, 4.69) is 15.5 Å². The van der Waals surface area contributed by atoms with Crippen LogP contribution in [0.15, 0.2) is 58.9 Å². The summed E-state index contributed by atoms with van der Waals surface area (Å²) in [5.41, 5.74) is 1.89. The van der Waals surface area contributed by atoms with E-state index in [1.807, 2.05) is 35.2 Å². The van der Waals surface area contributed by atoms with Crippen LogP contribution in [0.25, 0.3) is 0 Å². The Kier molecular flexibility index (Phi) is 6.93. The summed E-state index contributed by atoms with van der Waals surface area (Å²) in [6.45, 7) is 2.85. The molecule has 6 nitrogen and oxygen atoms in total. The maximum atomic E-state index is 13.2. The number of rotatable bonds is 7. The molecule has 9 heteroatoms. The molecule has 0 spiro atoms. The van der Waals surface area contributed by atoms with E-state index in [4.69, 9.17) is 4.74 Å². The van der Waals surface area contributed by atoms with Crippen molar-refractivity contribution in [2.75, 3.05) is 31.6 Å². The molecular formula is C21H21FN4O2S2. The predicted octanol–water partition coefficient (Wildman–Crippen LogP) is 3.98. The molecule has 0 aliphatic carbocycles. The highest BCUT2D eigenvalue weighted by atomic mass is 32.2. The fourth-order valence-corrected chi connectivity index (χ4v) is 5.07. The van der Waals surface area contributed by atoms with Gasteiger partial charge in [0.25, 0.3) is 0 Å². The fourth-order valence-electron chi connectivity index (χ4n) is 3.05. The molecule has 1 saturated heterocycles. The van der Waals surface area contributed by atoms with Gasteiger partial charge in [-0.25, -0.2) is 4.39 Å². The number of hydrogen-bond donors (Lipinski definition) is 1. The number of aromatic nitrogens is 2. The molecule has 1 atom stereocenters. The lowest BCUT2D eigenvalue weighted by Gasteiger charge is -2.30. The van der Waals surface area contributed by atoms with Crippen LogP contribution < -0.4 is 5.32 Å². The smallest absolute Gasteiger partial charge is 0.240 e. The molecule has 1 aliphatic heterocycles. The van der Waals surface area contributed by atoms with Crippen LogP contribution in [0.1, 0.15) is 16.4 Å². The van der Waals surface area contributed by atoms with Crippen molar-refractivity contribution in [2.24, 2.45) is 0 Å². The summed E-state index contributed by atoms with van der Waals surface area (Å²) in [6, 6.07) is 16.1. The first-order chi connectivity index (χ1) is 14.7. The molecular weight excluding hydrogens is 423 g/mol. The second-order valence-corrected chi connectivity index (χ2v) is 9.03. The molecule has 2 aromatic carbocycles. The number of hydrogen-bond acceptors (Lipinski definition) is 7. The Bertz CT molecular complexity index is 963. The van der Waals surface area contributed by atoms with Gasteiger partial charge in [-0.2, -0.15) is 0 Å². The van der Waals surface area contributed by atoms with Crippen molar-refractivity contribution in [3.8, 4) is 0 Å². The van der Waals surface area contributed by atoms with Gasteiger partial charge in [-0.05, 0) is 23.3 Å². The van der Waals surface area contributed by atoms with E-state index in [1.165, 1.54) is 35.2 Å². The topological polar surface area (TPSA) is 67.4 Å². The lowest BCUT2D eigenvalue weighted by atomic mass is 10.1. The zero-order valence-electron chi connectivity index (χ0n) is 16.2. The summed E-state index contributed by atoms with van der Waals surface area (Å²) in [4.78, 5) is 15.1. The largest absolute Gasteiger partial charge is 0.378 e. The number of nitrogens with zero attached hydrogens (tertiary/aromatic N) is 3. The van der Waals surface area contributed by atoms with E-state index >= 15 is 0 Å². The molecule has 1 N–H and O–H groups in total. The molecule has 0 radical (unpaired) electrons. The standard InChI is InChI=1S/C21H21FN4O2S2/c22-17-8-6-15(7-9-17)14-23-20-24-25-21(30-20)29-18(16-4-2-1-3-5-16)19(27)26-10-12-28-13-11-26/h1-9,18H,10-14H2,(H,23,24)/t18-/m0/s1. The van der Waals surface area contributed by atoms with Crippen LogP contribution in [0.4, 0.5) is 9.52 Å². The number of halogens is 1. The number of nitrogens with one attached hydrogen (secondary N) is 1. The zero-order chi connectivity index (χ0) is 20.8. The second-order valence-electron chi connectivity index (χ2n) is 6.70. The van der Waals surface area contributed by atoms with Crippen LogP contribution in [0, 0.1) is 5.82 Å². The van der Waals surface area contributed by atoms with E-state index < -0.39 is 0 Å². The van der Waals surface area contributed by atoms with Crippen molar-refractivity contribution >= 4 is 34.1 Å². The molecule has 0 bridgehead atoms. The fraction of sp³-hybridized carbons (Fsp3) is 0.286. The maximum absolute atomic E-state index is 13.2. The Balaban J connectivity index is 1.45. The van der Waals surface area contributed by atoms with Crippen LogP contribution in [-0.4, -0.2) is 47.3 Å². The van der Waals surface area contributed by atoms with Gasteiger partial charge in [0.15, 0.2) is 4.34 Å². The van der Waals surface area contributed by atoms with Gasteiger partial charge in [-0.15, -0.1) is 10.2 Å². The third kappa shape index (κ3) is 5.35. The quantitative estimate of drug-likeness (QED) is 0.556. The van der Waals surface area contributed by atoms with Gasteiger partial charge in [0.1, 0.15) is 11.1 Å². The van der Waals surface area contributed by atoms with E-state index in [9.17, 15) is 9.18 Å². The third-order valence-corrected chi connectivity index (χ3v) is 6.84. The molecule has 1 amide bonds.